The van der Waals surface area contributed by atoms with Gasteiger partial charge in [-0.2, -0.15) is 19.0 Å². The molecule has 9 heteroatoms. The second-order valence-corrected chi connectivity index (χ2v) is 4.27. The van der Waals surface area contributed by atoms with E-state index in [-0.39, 0.29) is 22.2 Å². The quantitative estimate of drug-likeness (QED) is 0.297. The zero-order chi connectivity index (χ0) is 17.1. The highest BCUT2D eigenvalue weighted by molar-refractivity contribution is 6.09. The molecule has 0 bridgehead atoms. The fourth-order valence-corrected chi connectivity index (χ4v) is 1.68. The monoisotopic (exact) mass is 320 g/mol. The number of nitriles is 1. The van der Waals surface area contributed by atoms with E-state index in [1.54, 1.807) is 6.07 Å². The minimum Gasteiger partial charge on any atom is -0.267 e. The molecular formula is C14H7F3N4O2. The van der Waals surface area contributed by atoms with Crippen LogP contribution in [0.1, 0.15) is 26.3 Å². The number of nitrogens with two attached hydrogens (primary N) is 1. The van der Waals surface area contributed by atoms with E-state index < -0.39 is 35.1 Å². The third-order valence-corrected chi connectivity index (χ3v) is 2.79. The number of carbonyl (C=O) groups excluding carboxylic acids is 2. The molecule has 0 saturated heterocycles. The van der Waals surface area contributed by atoms with Crippen LogP contribution in [0, 0.1) is 29.0 Å². The maximum Gasteiger partial charge on any atom is 0.279 e. The molecule has 0 aliphatic rings. The van der Waals surface area contributed by atoms with Gasteiger partial charge in [0.05, 0.1) is 17.2 Å². The van der Waals surface area contributed by atoms with E-state index in [0.717, 1.165) is 6.07 Å². The third-order valence-electron chi connectivity index (χ3n) is 2.79. The minimum absolute atomic E-state index is 0.0218. The molecule has 0 radical (unpaired) electrons. The fourth-order valence-electron chi connectivity index (χ4n) is 1.68. The highest BCUT2D eigenvalue weighted by Crippen LogP contribution is 2.14. The van der Waals surface area contributed by atoms with Crippen molar-refractivity contribution < 1.29 is 22.8 Å². The van der Waals surface area contributed by atoms with Crippen molar-refractivity contribution in [2.75, 3.05) is 0 Å². The zero-order valence-electron chi connectivity index (χ0n) is 11.3. The predicted octanol–water partition coefficient (Wildman–Crippen LogP) is 1.53. The lowest BCUT2D eigenvalue weighted by Crippen LogP contribution is -2.43. The van der Waals surface area contributed by atoms with Crippen molar-refractivity contribution in [2.45, 2.75) is 0 Å². The van der Waals surface area contributed by atoms with E-state index in [0.29, 0.717) is 0 Å². The van der Waals surface area contributed by atoms with Gasteiger partial charge in [0, 0.05) is 5.56 Å². The van der Waals surface area contributed by atoms with E-state index in [1.165, 1.54) is 18.2 Å². The van der Waals surface area contributed by atoms with Crippen LogP contribution in [0.4, 0.5) is 13.2 Å². The number of halogens is 3. The van der Waals surface area contributed by atoms with Gasteiger partial charge < -0.3 is 0 Å². The van der Waals surface area contributed by atoms with Gasteiger partial charge in [0.1, 0.15) is 0 Å². The molecule has 2 rings (SSSR count). The number of hydrazine groups is 1. The first kappa shape index (κ1) is 16.1. The normalized spacial score (nSPS) is 10.0. The van der Waals surface area contributed by atoms with Crippen molar-refractivity contribution >= 4 is 11.8 Å². The van der Waals surface area contributed by atoms with E-state index in [9.17, 15) is 22.8 Å². The van der Waals surface area contributed by atoms with E-state index >= 15 is 0 Å². The average molecular weight is 320 g/mol. The van der Waals surface area contributed by atoms with Gasteiger partial charge in [-0.1, -0.05) is 6.07 Å². The SMILES string of the molecule is N#Cc1cccc(C(=O)N(N)C(=O)c2cc(F)c(F)nc2F)c1. The van der Waals surface area contributed by atoms with Crippen LogP contribution in [0.15, 0.2) is 30.3 Å². The van der Waals surface area contributed by atoms with E-state index in [2.05, 4.69) is 4.98 Å². The van der Waals surface area contributed by atoms with E-state index in [1.807, 2.05) is 0 Å². The summed E-state index contributed by atoms with van der Waals surface area (Å²) in [5.74, 6) is -2.06. The van der Waals surface area contributed by atoms with Gasteiger partial charge in [0.15, 0.2) is 5.82 Å². The first-order valence-electron chi connectivity index (χ1n) is 6.00. The molecule has 23 heavy (non-hydrogen) atoms. The standard InChI is InChI=1S/C14H7F3N4O2/c15-10-5-9(11(16)20-12(10)17)14(23)21(19)13(22)8-3-1-2-7(4-8)6-18/h1-5H,19H2. The number of benzene rings is 1. The van der Waals surface area contributed by atoms with Crippen LogP contribution in [-0.2, 0) is 0 Å². The van der Waals surface area contributed by atoms with Crippen molar-refractivity contribution in [1.29, 1.82) is 5.26 Å². The van der Waals surface area contributed by atoms with Gasteiger partial charge in [-0.15, -0.1) is 0 Å². The summed E-state index contributed by atoms with van der Waals surface area (Å²) in [6, 6.07) is 7.27. The molecule has 2 aromatic rings. The number of imide groups is 1. The maximum atomic E-state index is 13.5. The molecule has 0 aliphatic carbocycles. The van der Waals surface area contributed by atoms with Crippen LogP contribution in [0.2, 0.25) is 0 Å². The number of amides is 2. The molecule has 0 saturated carbocycles. The summed E-state index contributed by atoms with van der Waals surface area (Å²) >= 11 is 0. The number of hydrogen-bond donors (Lipinski definition) is 1. The summed E-state index contributed by atoms with van der Waals surface area (Å²) in [5.41, 5.74) is -0.982. The molecule has 1 heterocycles. The molecular weight excluding hydrogens is 313 g/mol. The topological polar surface area (TPSA) is 100 Å². The largest absolute Gasteiger partial charge is 0.279 e. The molecule has 116 valence electrons. The van der Waals surface area contributed by atoms with Crippen LogP contribution in [0.5, 0.6) is 0 Å². The molecule has 0 atom stereocenters. The molecule has 2 amide bonds. The first-order chi connectivity index (χ1) is 10.8. The van der Waals surface area contributed by atoms with Gasteiger partial charge in [0.2, 0.25) is 5.95 Å². The van der Waals surface area contributed by atoms with Crippen LogP contribution in [0.3, 0.4) is 0 Å². The fraction of sp³-hybridized carbons (Fsp3) is 0. The van der Waals surface area contributed by atoms with Gasteiger partial charge in [0.25, 0.3) is 17.8 Å². The Morgan fingerprint density at radius 2 is 1.83 bits per heavy atom. The molecule has 6 nitrogen and oxygen atoms in total. The summed E-state index contributed by atoms with van der Waals surface area (Å²) in [4.78, 5) is 26.6. The van der Waals surface area contributed by atoms with E-state index in [4.69, 9.17) is 11.1 Å². The summed E-state index contributed by atoms with van der Waals surface area (Å²) in [5, 5.41) is 8.78. The van der Waals surface area contributed by atoms with Crippen LogP contribution < -0.4 is 5.84 Å². The van der Waals surface area contributed by atoms with Crippen molar-refractivity contribution in [1.82, 2.24) is 9.99 Å². The van der Waals surface area contributed by atoms with Gasteiger partial charge in [-0.25, -0.2) is 15.2 Å². The molecule has 0 fully saturated rings. The van der Waals surface area contributed by atoms with Crippen LogP contribution >= 0.6 is 0 Å². The number of nitrogens with zero attached hydrogens (tertiary/aromatic N) is 3. The van der Waals surface area contributed by atoms with Gasteiger partial charge in [-0.05, 0) is 24.3 Å². The summed E-state index contributed by atoms with van der Waals surface area (Å²) in [7, 11) is 0. The smallest absolute Gasteiger partial charge is 0.267 e. The number of aromatic nitrogens is 1. The molecule has 1 aromatic carbocycles. The van der Waals surface area contributed by atoms with Crippen molar-refractivity contribution in [2.24, 2.45) is 5.84 Å². The molecule has 2 N–H and O–H groups in total. The summed E-state index contributed by atoms with van der Waals surface area (Å²) in [6.07, 6.45) is 0. The summed E-state index contributed by atoms with van der Waals surface area (Å²) < 4.78 is 39.3. The third kappa shape index (κ3) is 3.17. The molecule has 0 spiro atoms. The first-order valence-corrected chi connectivity index (χ1v) is 6.00. The Labute approximate surface area is 127 Å². The Morgan fingerprint density at radius 3 is 2.48 bits per heavy atom. The number of pyridine rings is 1. The highest BCUT2D eigenvalue weighted by atomic mass is 19.2. The predicted molar refractivity (Wildman–Crippen MR) is 70.0 cm³/mol. The van der Waals surface area contributed by atoms with Gasteiger partial charge in [-0.3, -0.25) is 9.59 Å². The molecule has 0 aliphatic heterocycles. The number of hydrogen-bond acceptors (Lipinski definition) is 5. The molecule has 1 aromatic heterocycles. The Hall–Kier alpha value is -3.25. The second-order valence-electron chi connectivity index (χ2n) is 4.27. The van der Waals surface area contributed by atoms with Crippen molar-refractivity contribution in [3.63, 3.8) is 0 Å². The summed E-state index contributed by atoms with van der Waals surface area (Å²) in [6.45, 7) is 0. The Balaban J connectivity index is 2.34. The van der Waals surface area contributed by atoms with Crippen LogP contribution in [0.25, 0.3) is 0 Å². The Morgan fingerprint density at radius 1 is 1.13 bits per heavy atom. The number of rotatable bonds is 2. The maximum absolute atomic E-state index is 13.5. The second kappa shape index (κ2) is 6.25. The molecule has 0 unspecified atom stereocenters. The van der Waals surface area contributed by atoms with Crippen molar-refractivity contribution in [3.05, 3.63) is 64.7 Å². The average Bonchev–Trinajstić information content (AvgIpc) is 2.56. The zero-order valence-corrected chi connectivity index (χ0v) is 11.3. The lowest BCUT2D eigenvalue weighted by molar-refractivity contribution is 0.0611. The Bertz CT molecular complexity index is 848. The van der Waals surface area contributed by atoms with Gasteiger partial charge >= 0.3 is 0 Å². The number of carbonyl (C=O) groups is 2. The van der Waals surface area contributed by atoms with Crippen LogP contribution in [-0.4, -0.2) is 21.8 Å². The lowest BCUT2D eigenvalue weighted by atomic mass is 10.1. The highest BCUT2D eigenvalue weighted by Gasteiger charge is 2.26. The van der Waals surface area contributed by atoms with Crippen molar-refractivity contribution in [3.8, 4) is 6.07 Å². The lowest BCUT2D eigenvalue weighted by Gasteiger charge is -2.15. The minimum atomic E-state index is -1.73. The Kier molecular flexibility index (Phi) is 4.38.